The molecule has 500 valence electrons. The van der Waals surface area contributed by atoms with Gasteiger partial charge in [0, 0.05) is 82.5 Å². The van der Waals surface area contributed by atoms with E-state index in [2.05, 4.69) is 109 Å². The van der Waals surface area contributed by atoms with Crippen molar-refractivity contribution in [1.29, 1.82) is 0 Å². The highest BCUT2D eigenvalue weighted by atomic mass is 33.1. The molecule has 0 spiro atoms. The van der Waals surface area contributed by atoms with Gasteiger partial charge in [0.25, 0.3) is 15.7 Å². The van der Waals surface area contributed by atoms with Crippen molar-refractivity contribution in [2.24, 2.45) is 0 Å². The monoisotopic (exact) mass is 1420 g/mol. The van der Waals surface area contributed by atoms with Crippen molar-refractivity contribution >= 4 is 117 Å². The zero-order valence-corrected chi connectivity index (χ0v) is 59.2. The van der Waals surface area contributed by atoms with E-state index in [4.69, 9.17) is 34.3 Å². The van der Waals surface area contributed by atoms with Crippen LogP contribution in [0.4, 0.5) is 17.3 Å². The van der Waals surface area contributed by atoms with Crippen LogP contribution in [0, 0.1) is 18.8 Å². The van der Waals surface area contributed by atoms with E-state index in [0.29, 0.717) is 25.9 Å². The van der Waals surface area contributed by atoms with Gasteiger partial charge in [0.05, 0.1) is 34.0 Å². The fourth-order valence-corrected chi connectivity index (χ4v) is 18.3. The molecule has 1 saturated heterocycles. The molecule has 1 amide bonds. The highest BCUT2D eigenvalue weighted by Crippen LogP contribution is 2.66. The maximum absolute atomic E-state index is 13.3. The molecule has 5 heterocycles. The lowest BCUT2D eigenvalue weighted by atomic mass is 9.81. The van der Waals surface area contributed by atoms with E-state index >= 15 is 0 Å². The number of rotatable bonds is 30. The van der Waals surface area contributed by atoms with Crippen molar-refractivity contribution in [3.8, 4) is 11.8 Å². The van der Waals surface area contributed by atoms with E-state index in [-0.39, 0.29) is 73.2 Å². The maximum Gasteiger partial charge on any atom is 0.490 e. The van der Waals surface area contributed by atoms with Gasteiger partial charge in [-0.1, -0.05) is 126 Å². The molecule has 7 rings (SSSR count). The summed E-state index contributed by atoms with van der Waals surface area (Å²) in [4.78, 5) is 73.1. The van der Waals surface area contributed by atoms with Gasteiger partial charge >= 0.3 is 23.5 Å². The second-order valence-corrected chi connectivity index (χ2v) is 36.2. The minimum absolute atomic E-state index is 0.0313. The molecule has 2 aromatic heterocycles. The van der Waals surface area contributed by atoms with Crippen LogP contribution in [0.3, 0.4) is 0 Å². The number of anilines is 2. The Hall–Kier alpha value is -4.02. The molecule has 2 unspecified atom stereocenters. The molecule has 0 saturated carbocycles. The summed E-state index contributed by atoms with van der Waals surface area (Å²) in [7, 11) is -15.5. The zero-order chi connectivity index (χ0) is 67.1. The number of nitrogen functional groups attached to an aromatic ring is 1. The number of phosphoric ester groups is 1. The number of benzene rings is 2. The number of aromatic amines is 1. The molecule has 2 aromatic carbocycles. The Bertz CT molecular complexity index is 3870. The first-order chi connectivity index (χ1) is 42.3. The molecule has 3 aliphatic heterocycles. The number of nitrogens with two attached hydrogens (primary N) is 1. The van der Waals surface area contributed by atoms with E-state index in [1.807, 2.05) is 60.6 Å². The number of hydrogen-bond acceptors (Lipinski definition) is 20. The highest BCUT2D eigenvalue weighted by molar-refractivity contribution is 8.77. The Morgan fingerprint density at radius 2 is 1.68 bits per heavy atom. The number of ether oxygens (including phenoxy) is 3. The number of unbranched alkanes of at least 4 members (excludes halogenated alkanes) is 2. The van der Waals surface area contributed by atoms with E-state index in [0.717, 1.165) is 36.3 Å². The second-order valence-electron chi connectivity index (χ2n) is 24.3. The van der Waals surface area contributed by atoms with Crippen molar-refractivity contribution in [2.45, 2.75) is 152 Å². The van der Waals surface area contributed by atoms with Gasteiger partial charge in [-0.2, -0.15) is 26.6 Å². The third-order valence-corrected chi connectivity index (χ3v) is 25.3. The number of hydrogen-bond donors (Lipinski definition) is 8. The van der Waals surface area contributed by atoms with Gasteiger partial charge in [0.15, 0.2) is 11.4 Å². The molecule has 4 aromatic rings. The van der Waals surface area contributed by atoms with E-state index in [1.165, 1.54) is 82.5 Å². The fraction of sp³-hybridized carbons (Fsp3) is 0.517. The lowest BCUT2D eigenvalue weighted by Gasteiger charge is -2.25. The van der Waals surface area contributed by atoms with Crippen LogP contribution in [0.15, 0.2) is 88.4 Å². The van der Waals surface area contributed by atoms with Gasteiger partial charge in [-0.15, -0.1) is 0 Å². The van der Waals surface area contributed by atoms with Crippen molar-refractivity contribution < 1.29 is 83.0 Å². The number of nitrogens with one attached hydrogen (secondary N) is 2. The molecular formula is C58H81N7O18P3S5+. The first kappa shape index (κ1) is 74.4. The van der Waals surface area contributed by atoms with Crippen LogP contribution >= 0.6 is 66.6 Å². The smallest absolute Gasteiger partial charge is 0.369 e. The van der Waals surface area contributed by atoms with Gasteiger partial charge in [0.1, 0.15) is 37.4 Å². The first-order valence-electron chi connectivity index (χ1n) is 28.9. The maximum atomic E-state index is 13.3. The Morgan fingerprint density at radius 1 is 0.956 bits per heavy atom. The summed E-state index contributed by atoms with van der Waals surface area (Å²) in [5.74, 6) is 5.94. The number of aryl methyl sites for hydroxylation is 1. The number of aromatic nitrogens is 3. The van der Waals surface area contributed by atoms with E-state index in [1.54, 1.807) is 12.1 Å². The Labute approximate surface area is 546 Å². The lowest BCUT2D eigenvalue weighted by molar-refractivity contribution is -0.438. The average Bonchev–Trinajstić information content (AvgIpc) is 1.61. The van der Waals surface area contributed by atoms with E-state index in [9.17, 15) is 46.0 Å². The minimum atomic E-state index is -5.79. The topological polar surface area (TPSA) is 354 Å². The molecule has 1 fully saturated rings. The highest BCUT2D eigenvalue weighted by Gasteiger charge is 2.46. The molecule has 9 N–H and O–H groups in total. The molecule has 91 heavy (non-hydrogen) atoms. The number of likely N-dealkylation sites (N-methyl/N-ethyl adjacent to an activating group) is 1. The van der Waals surface area contributed by atoms with Gasteiger partial charge in [0.2, 0.25) is 17.5 Å². The molecule has 0 aliphatic carbocycles. The molecule has 3 aliphatic rings. The third-order valence-electron chi connectivity index (χ3n) is 14.7. The van der Waals surface area contributed by atoms with Gasteiger partial charge in [-0.05, 0) is 84.2 Å². The number of phosphoric acid groups is 3. The van der Waals surface area contributed by atoms with Crippen LogP contribution in [0.25, 0.3) is 11.0 Å². The first-order valence-corrected chi connectivity index (χ1v) is 39.5. The van der Waals surface area contributed by atoms with Crippen LogP contribution in [0.1, 0.15) is 130 Å². The Morgan fingerprint density at radius 3 is 2.37 bits per heavy atom. The number of nitrogens with zero attached hydrogens (tertiary/aromatic N) is 4. The van der Waals surface area contributed by atoms with Crippen LogP contribution in [0.2, 0.25) is 0 Å². The Balaban J connectivity index is 0.896. The Kier molecular flexibility index (Phi) is 24.8. The SMILES string of the molecule is CCN1\C(=C/C=C/C=C/C2=[N+](CCCCCC(=O)NCC(C)(C)SSCOCC#Cc3cn([C@H]4C[C@@H](OCSSC(C)(C)C)[C@@H](COP(=O)(O)OP(=O)(O)OP(=O)(O)O)O4)c4nc(N)[nH]c(=O)c34)c3ccc(S(=O)(=O)O)cc3C2(C)C)C(C)(C)c2cc(C)ccc21. The normalized spacial score (nSPS) is 20.2. The number of amides is 1. The van der Waals surface area contributed by atoms with Gasteiger partial charge in [-0.25, -0.2) is 13.7 Å². The average molecular weight is 1420 g/mol. The molecule has 0 bridgehead atoms. The minimum Gasteiger partial charge on any atom is -0.369 e. The molecule has 5 atom stereocenters. The number of H-pyrrole nitrogens is 1. The number of fused-ring (bicyclic) bond motifs is 3. The van der Waals surface area contributed by atoms with Crippen LogP contribution in [-0.2, 0) is 66.8 Å². The van der Waals surface area contributed by atoms with Crippen molar-refractivity contribution in [3.63, 3.8) is 0 Å². The predicted molar refractivity (Wildman–Crippen MR) is 359 cm³/mol. The van der Waals surface area contributed by atoms with Gasteiger partial charge < -0.3 is 54.3 Å². The number of carbonyl (C=O) groups excluding carboxylic acids is 1. The van der Waals surface area contributed by atoms with Crippen molar-refractivity contribution in [1.82, 2.24) is 19.9 Å². The van der Waals surface area contributed by atoms with Crippen molar-refractivity contribution in [3.05, 3.63) is 111 Å². The quantitative estimate of drug-likeness (QED) is 0.00351. The van der Waals surface area contributed by atoms with Crippen molar-refractivity contribution in [2.75, 3.05) is 55.4 Å². The predicted octanol–water partition coefficient (Wildman–Crippen LogP) is 11.1. The summed E-state index contributed by atoms with van der Waals surface area (Å²) < 4.78 is 104. The summed E-state index contributed by atoms with van der Waals surface area (Å²) >= 11 is 0. The summed E-state index contributed by atoms with van der Waals surface area (Å²) in [5.41, 5.74) is 12.5. The van der Waals surface area contributed by atoms with E-state index < -0.39 is 69.6 Å². The number of allylic oxidation sites excluding steroid dienone is 6. The molecular weight excluding hydrogens is 1340 g/mol. The van der Waals surface area contributed by atoms with Crippen LogP contribution in [0.5, 0.6) is 0 Å². The zero-order valence-electron chi connectivity index (χ0n) is 52.4. The summed E-state index contributed by atoms with van der Waals surface area (Å²) in [6, 6.07) is 11.3. The fourth-order valence-electron chi connectivity index (χ4n) is 10.6. The standard InChI is InChI=1S/C58H80N7O18P3S5/c1-12-63-43-26-24-38(2)30-41(43)57(8,9)47(63)21-15-13-16-22-48-58(10,11)42-31-40(91(75,76)77)25-27-44(42)64(48)28-18-14-17-23-49(66)60-35-56(6,7)90-87-36-78-29-19-20-39-33-65(52-51(39)53(67)62-54(59)61-52)50-32-45(79-37-88-89-55(3,4)5)46(81-50)34-80-85(71,72)83-86(73,74)82-84(68,69)70/h13,15-16,21-22,24-27,30-31,33,45-46,50H,12,14,17-18,23,28-29,32,34-37H2,1-11H3,(H8-,59,60,61,62,66,67,68,69,70,71,72,73,74,75,76,77)/p+1/t45-,46-,50-/m1/s1. The van der Waals surface area contributed by atoms with Crippen LogP contribution in [-0.4, -0.2) is 130 Å². The van der Waals surface area contributed by atoms with Crippen LogP contribution < -0.4 is 21.5 Å². The summed E-state index contributed by atoms with van der Waals surface area (Å²) in [5, 5.41) is 3.14. The summed E-state index contributed by atoms with van der Waals surface area (Å²) in [6.07, 6.45) is 11.4. The summed E-state index contributed by atoms with van der Waals surface area (Å²) in [6.45, 7) is 23.9. The molecule has 25 nitrogen and oxygen atoms in total. The number of carbonyl (C=O) groups is 1. The largest absolute Gasteiger partial charge is 0.490 e. The van der Waals surface area contributed by atoms with Gasteiger partial charge in [-0.3, -0.25) is 23.6 Å². The molecule has 0 radical (unpaired) electrons. The third kappa shape index (κ3) is 20.3. The second kappa shape index (κ2) is 30.4. The lowest BCUT2D eigenvalue weighted by Crippen LogP contribution is -2.35. The molecule has 33 heteroatoms.